The molecule has 2 atom stereocenters. The molecule has 2 unspecified atom stereocenters. The van der Waals surface area contributed by atoms with Crippen molar-refractivity contribution in [2.75, 3.05) is 0 Å². The Kier molecular flexibility index (Phi) is 4.04. The van der Waals surface area contributed by atoms with E-state index in [4.69, 9.17) is 5.11 Å². The lowest BCUT2D eigenvalue weighted by atomic mass is 10.0. The molecule has 0 saturated heterocycles. The van der Waals surface area contributed by atoms with Crippen molar-refractivity contribution in [3.63, 3.8) is 0 Å². The molecule has 0 fully saturated rings. The number of hydrogen-bond acceptors (Lipinski definition) is 2. The van der Waals surface area contributed by atoms with Gasteiger partial charge in [0.2, 0.25) is 0 Å². The van der Waals surface area contributed by atoms with Gasteiger partial charge in [-0.25, -0.2) is 0 Å². The summed E-state index contributed by atoms with van der Waals surface area (Å²) in [5, 5.41) is 9.10. The number of allylic oxidation sites excluding steroid dienone is 1. The van der Waals surface area contributed by atoms with E-state index in [-0.39, 0.29) is 17.8 Å². The standard InChI is InChI=1S/C9H16O2/c1-6(8(3)10)5-7(2)9(4)11/h5-6,8,10H,1-4H3/b7-5-. The fourth-order valence-corrected chi connectivity index (χ4v) is 0.651. The first kappa shape index (κ1) is 10.4. The minimum absolute atomic E-state index is 0.0545. The average Bonchev–Trinajstić information content (AvgIpc) is 1.87. The zero-order valence-electron chi connectivity index (χ0n) is 7.59. The normalized spacial score (nSPS) is 17.7. The fraction of sp³-hybridized carbons (Fsp3) is 0.667. The van der Waals surface area contributed by atoms with Crippen LogP contribution >= 0.6 is 0 Å². The maximum absolute atomic E-state index is 10.8. The molecule has 0 aliphatic carbocycles. The molecule has 0 aromatic heterocycles. The second-order valence-corrected chi connectivity index (χ2v) is 3.01. The second kappa shape index (κ2) is 4.29. The molecular formula is C9H16O2. The van der Waals surface area contributed by atoms with Crippen molar-refractivity contribution in [1.29, 1.82) is 0 Å². The van der Waals surface area contributed by atoms with E-state index in [9.17, 15) is 4.79 Å². The molecule has 0 rings (SSSR count). The van der Waals surface area contributed by atoms with E-state index >= 15 is 0 Å². The quantitative estimate of drug-likeness (QED) is 0.629. The summed E-state index contributed by atoms with van der Waals surface area (Å²) in [6.45, 7) is 6.90. The molecule has 64 valence electrons. The van der Waals surface area contributed by atoms with Crippen molar-refractivity contribution >= 4 is 5.78 Å². The fourth-order valence-electron chi connectivity index (χ4n) is 0.651. The SMILES string of the molecule is CC(=O)/C(C)=C\C(C)C(C)O. The summed E-state index contributed by atoms with van der Waals surface area (Å²) in [5.74, 6) is 0.122. The minimum Gasteiger partial charge on any atom is -0.393 e. The molecule has 0 saturated carbocycles. The van der Waals surface area contributed by atoms with E-state index in [1.807, 2.05) is 6.92 Å². The topological polar surface area (TPSA) is 37.3 Å². The summed E-state index contributed by atoms with van der Waals surface area (Å²) in [6.07, 6.45) is 1.41. The summed E-state index contributed by atoms with van der Waals surface area (Å²) < 4.78 is 0. The van der Waals surface area contributed by atoms with Gasteiger partial charge in [0.05, 0.1) is 6.10 Å². The third-order valence-corrected chi connectivity index (χ3v) is 1.83. The van der Waals surface area contributed by atoms with E-state index in [1.165, 1.54) is 6.92 Å². The second-order valence-electron chi connectivity index (χ2n) is 3.01. The molecule has 0 amide bonds. The van der Waals surface area contributed by atoms with E-state index in [2.05, 4.69) is 0 Å². The van der Waals surface area contributed by atoms with E-state index in [0.717, 1.165) is 5.57 Å². The Morgan fingerprint density at radius 2 is 1.82 bits per heavy atom. The van der Waals surface area contributed by atoms with Gasteiger partial charge in [-0.15, -0.1) is 0 Å². The lowest BCUT2D eigenvalue weighted by molar-refractivity contribution is -0.113. The highest BCUT2D eigenvalue weighted by Gasteiger charge is 2.06. The van der Waals surface area contributed by atoms with E-state index in [0.29, 0.717) is 0 Å². The van der Waals surface area contributed by atoms with Gasteiger partial charge in [0.25, 0.3) is 0 Å². The number of rotatable bonds is 3. The van der Waals surface area contributed by atoms with Gasteiger partial charge < -0.3 is 5.11 Å². The lowest BCUT2D eigenvalue weighted by Gasteiger charge is -2.09. The molecule has 0 aromatic rings. The van der Waals surface area contributed by atoms with Crippen LogP contribution in [0.1, 0.15) is 27.7 Å². The van der Waals surface area contributed by atoms with Gasteiger partial charge >= 0.3 is 0 Å². The number of Topliss-reactive ketones (excluding diaryl/α,β-unsaturated/α-hetero) is 1. The zero-order valence-corrected chi connectivity index (χ0v) is 7.59. The largest absolute Gasteiger partial charge is 0.393 e. The Labute approximate surface area is 67.9 Å². The molecule has 0 radical (unpaired) electrons. The summed E-state index contributed by atoms with van der Waals surface area (Å²) >= 11 is 0. The van der Waals surface area contributed by atoms with Gasteiger partial charge in [-0.05, 0) is 26.3 Å². The Bertz CT molecular complexity index is 168. The van der Waals surface area contributed by atoms with Gasteiger partial charge in [0.1, 0.15) is 0 Å². The van der Waals surface area contributed by atoms with Crippen LogP contribution < -0.4 is 0 Å². The van der Waals surface area contributed by atoms with Crippen LogP contribution in [0, 0.1) is 5.92 Å². The molecule has 0 heterocycles. The zero-order chi connectivity index (χ0) is 9.02. The number of aliphatic hydroxyl groups excluding tert-OH is 1. The highest BCUT2D eigenvalue weighted by Crippen LogP contribution is 2.07. The van der Waals surface area contributed by atoms with Crippen molar-refractivity contribution in [3.05, 3.63) is 11.6 Å². The number of ketones is 1. The Morgan fingerprint density at radius 3 is 2.09 bits per heavy atom. The number of carbonyl (C=O) groups excluding carboxylic acids is 1. The van der Waals surface area contributed by atoms with Crippen molar-refractivity contribution < 1.29 is 9.90 Å². The Balaban J connectivity index is 4.19. The van der Waals surface area contributed by atoms with Crippen LogP contribution in [0.3, 0.4) is 0 Å². The molecule has 1 N–H and O–H groups in total. The van der Waals surface area contributed by atoms with Crippen LogP contribution in [-0.4, -0.2) is 17.0 Å². The van der Waals surface area contributed by atoms with Crippen molar-refractivity contribution in [3.8, 4) is 0 Å². The molecule has 2 heteroatoms. The molecule has 0 spiro atoms. The van der Waals surface area contributed by atoms with E-state index < -0.39 is 0 Å². The maximum Gasteiger partial charge on any atom is 0.155 e. The first-order valence-electron chi connectivity index (χ1n) is 3.82. The first-order chi connectivity index (χ1) is 4.95. The van der Waals surface area contributed by atoms with Gasteiger partial charge in [0.15, 0.2) is 5.78 Å². The van der Waals surface area contributed by atoms with Crippen LogP contribution in [0.25, 0.3) is 0 Å². The highest BCUT2D eigenvalue weighted by atomic mass is 16.3. The van der Waals surface area contributed by atoms with Crippen molar-refractivity contribution in [2.45, 2.75) is 33.8 Å². The maximum atomic E-state index is 10.8. The summed E-state index contributed by atoms with van der Waals surface area (Å²) in [6, 6.07) is 0. The van der Waals surface area contributed by atoms with Crippen molar-refractivity contribution in [2.24, 2.45) is 5.92 Å². The molecular weight excluding hydrogens is 140 g/mol. The summed E-state index contributed by atoms with van der Waals surface area (Å²) in [5.41, 5.74) is 0.721. The molecule has 0 aliphatic rings. The third-order valence-electron chi connectivity index (χ3n) is 1.83. The van der Waals surface area contributed by atoms with Crippen molar-refractivity contribution in [1.82, 2.24) is 0 Å². The molecule has 0 aliphatic heterocycles. The first-order valence-corrected chi connectivity index (χ1v) is 3.82. The monoisotopic (exact) mass is 156 g/mol. The molecule has 0 bridgehead atoms. The lowest BCUT2D eigenvalue weighted by Crippen LogP contribution is -2.11. The summed E-state index contributed by atoms with van der Waals surface area (Å²) in [4.78, 5) is 10.8. The van der Waals surface area contributed by atoms with Crippen LogP contribution in [0.4, 0.5) is 0 Å². The number of carbonyl (C=O) groups is 1. The van der Waals surface area contributed by atoms with Crippen LogP contribution in [0.5, 0.6) is 0 Å². The highest BCUT2D eigenvalue weighted by molar-refractivity contribution is 5.92. The van der Waals surface area contributed by atoms with Gasteiger partial charge in [0, 0.05) is 5.92 Å². The number of aliphatic hydroxyl groups is 1. The minimum atomic E-state index is -0.385. The number of hydrogen-bond donors (Lipinski definition) is 1. The van der Waals surface area contributed by atoms with Gasteiger partial charge in [-0.3, -0.25) is 4.79 Å². The van der Waals surface area contributed by atoms with Crippen LogP contribution in [0.15, 0.2) is 11.6 Å². The third kappa shape index (κ3) is 3.94. The van der Waals surface area contributed by atoms with Gasteiger partial charge in [-0.1, -0.05) is 13.0 Å². The predicted octanol–water partition coefficient (Wildman–Crippen LogP) is 1.54. The molecule has 0 aromatic carbocycles. The van der Waals surface area contributed by atoms with E-state index in [1.54, 1.807) is 19.9 Å². The van der Waals surface area contributed by atoms with Gasteiger partial charge in [-0.2, -0.15) is 0 Å². The Hall–Kier alpha value is -0.630. The Morgan fingerprint density at radius 1 is 1.36 bits per heavy atom. The smallest absolute Gasteiger partial charge is 0.155 e. The molecule has 11 heavy (non-hydrogen) atoms. The predicted molar refractivity (Wildman–Crippen MR) is 45.3 cm³/mol. The van der Waals surface area contributed by atoms with Crippen LogP contribution in [-0.2, 0) is 4.79 Å². The van der Waals surface area contributed by atoms with Crippen LogP contribution in [0.2, 0.25) is 0 Å². The average molecular weight is 156 g/mol. The molecule has 2 nitrogen and oxygen atoms in total. The summed E-state index contributed by atoms with van der Waals surface area (Å²) in [7, 11) is 0.